The van der Waals surface area contributed by atoms with Gasteiger partial charge in [-0.05, 0) is 23.8 Å². The number of carbonyl (C=O) groups is 1. The van der Waals surface area contributed by atoms with Crippen LogP contribution in [-0.2, 0) is 17.9 Å². The average molecular weight is 340 g/mol. The van der Waals surface area contributed by atoms with Gasteiger partial charge in [-0.3, -0.25) is 0 Å². The second-order valence-electron chi connectivity index (χ2n) is 5.95. The molecule has 1 fully saturated rings. The number of thioether (sulfide) groups is 1. The fraction of sp³-hybridized carbons (Fsp3) is 0.562. The van der Waals surface area contributed by atoms with Gasteiger partial charge in [0.2, 0.25) is 0 Å². The second-order valence-corrected chi connectivity index (χ2v) is 7.10. The standard InChI is InChI=1S/C16H21FN2O3S/c1-11-7-19(2-3-23-9-11)16(20)18-6-12-4-14(17)5-13-8-21-10-22-15(12)13/h4-5,11H,2-3,6-10H2,1H3,(H,18,20)/t11-/m0/s1. The SMILES string of the molecule is C[C@@H]1CSCCN(C(=O)NCc2cc(F)cc3c2OCOC3)C1. The molecule has 0 bridgehead atoms. The number of halogens is 1. The van der Waals surface area contributed by atoms with E-state index in [-0.39, 0.29) is 25.2 Å². The van der Waals surface area contributed by atoms with E-state index >= 15 is 0 Å². The lowest BCUT2D eigenvalue weighted by Gasteiger charge is -2.24. The molecule has 1 N–H and O–H groups in total. The van der Waals surface area contributed by atoms with Gasteiger partial charge in [0.1, 0.15) is 11.6 Å². The molecule has 3 rings (SSSR count). The number of carbonyl (C=O) groups excluding carboxylic acids is 1. The van der Waals surface area contributed by atoms with E-state index in [2.05, 4.69) is 12.2 Å². The highest BCUT2D eigenvalue weighted by atomic mass is 32.2. The number of fused-ring (bicyclic) bond motifs is 1. The molecule has 2 amide bonds. The van der Waals surface area contributed by atoms with Crippen LogP contribution in [0.25, 0.3) is 0 Å². The van der Waals surface area contributed by atoms with E-state index in [9.17, 15) is 9.18 Å². The zero-order valence-electron chi connectivity index (χ0n) is 13.1. The molecule has 2 heterocycles. The molecule has 0 aromatic heterocycles. The zero-order valence-corrected chi connectivity index (χ0v) is 14.0. The van der Waals surface area contributed by atoms with Crippen molar-refractivity contribution < 1.29 is 18.7 Å². The van der Waals surface area contributed by atoms with Gasteiger partial charge in [-0.25, -0.2) is 9.18 Å². The van der Waals surface area contributed by atoms with Crippen LogP contribution in [0.5, 0.6) is 5.75 Å². The van der Waals surface area contributed by atoms with E-state index in [0.717, 1.165) is 24.6 Å². The lowest BCUT2D eigenvalue weighted by atomic mass is 10.1. The third kappa shape index (κ3) is 4.09. The van der Waals surface area contributed by atoms with Crippen LogP contribution in [0.3, 0.4) is 0 Å². The molecular weight excluding hydrogens is 319 g/mol. The number of hydrogen-bond donors (Lipinski definition) is 1. The first-order valence-corrected chi connectivity index (χ1v) is 8.91. The summed E-state index contributed by atoms with van der Waals surface area (Å²) in [6.45, 7) is 4.37. The molecule has 1 saturated heterocycles. The monoisotopic (exact) mass is 340 g/mol. The first-order chi connectivity index (χ1) is 11.1. The minimum absolute atomic E-state index is 0.107. The molecule has 0 saturated carbocycles. The number of urea groups is 1. The highest BCUT2D eigenvalue weighted by Gasteiger charge is 2.21. The number of ether oxygens (including phenoxy) is 2. The predicted octanol–water partition coefficient (Wildman–Crippen LogP) is 2.59. The molecule has 1 aromatic carbocycles. The number of hydrogen-bond acceptors (Lipinski definition) is 4. The maximum absolute atomic E-state index is 13.7. The number of rotatable bonds is 2. The number of nitrogens with zero attached hydrogens (tertiary/aromatic N) is 1. The molecule has 0 aliphatic carbocycles. The van der Waals surface area contributed by atoms with Gasteiger partial charge in [0.15, 0.2) is 6.79 Å². The summed E-state index contributed by atoms with van der Waals surface area (Å²) < 4.78 is 24.3. The Morgan fingerprint density at radius 2 is 2.39 bits per heavy atom. The van der Waals surface area contributed by atoms with Crippen LogP contribution >= 0.6 is 11.8 Å². The van der Waals surface area contributed by atoms with Gasteiger partial charge < -0.3 is 19.7 Å². The van der Waals surface area contributed by atoms with Crippen molar-refractivity contribution in [2.24, 2.45) is 5.92 Å². The average Bonchev–Trinajstić information content (AvgIpc) is 2.76. The molecule has 1 atom stereocenters. The Bertz CT molecular complexity index is 585. The molecule has 5 nitrogen and oxygen atoms in total. The summed E-state index contributed by atoms with van der Waals surface area (Å²) in [4.78, 5) is 14.2. The van der Waals surface area contributed by atoms with Crippen LogP contribution in [0, 0.1) is 11.7 Å². The van der Waals surface area contributed by atoms with Gasteiger partial charge in [0.05, 0.1) is 6.61 Å². The van der Waals surface area contributed by atoms with Gasteiger partial charge in [-0.2, -0.15) is 11.8 Å². The number of amides is 2. The van der Waals surface area contributed by atoms with Crippen LogP contribution < -0.4 is 10.1 Å². The van der Waals surface area contributed by atoms with E-state index in [1.165, 1.54) is 12.1 Å². The molecule has 7 heteroatoms. The van der Waals surface area contributed by atoms with Gasteiger partial charge >= 0.3 is 6.03 Å². The van der Waals surface area contributed by atoms with Gasteiger partial charge in [-0.15, -0.1) is 0 Å². The topological polar surface area (TPSA) is 50.8 Å². The Hall–Kier alpha value is -1.47. The van der Waals surface area contributed by atoms with Crippen molar-refractivity contribution in [3.05, 3.63) is 29.1 Å². The molecule has 23 heavy (non-hydrogen) atoms. The Labute approximate surface area is 139 Å². The van der Waals surface area contributed by atoms with Crippen LogP contribution in [-0.4, -0.2) is 42.3 Å². The molecule has 0 radical (unpaired) electrons. The van der Waals surface area contributed by atoms with Crippen LogP contribution in [0.1, 0.15) is 18.1 Å². The third-order valence-electron chi connectivity index (χ3n) is 3.91. The first-order valence-electron chi connectivity index (χ1n) is 7.76. The van der Waals surface area contributed by atoms with Crippen molar-refractivity contribution in [2.75, 3.05) is 31.4 Å². The highest BCUT2D eigenvalue weighted by molar-refractivity contribution is 7.99. The molecule has 0 spiro atoms. The smallest absolute Gasteiger partial charge is 0.317 e. The molecule has 126 valence electrons. The van der Waals surface area contributed by atoms with Crippen molar-refractivity contribution in [2.45, 2.75) is 20.1 Å². The zero-order chi connectivity index (χ0) is 16.2. The van der Waals surface area contributed by atoms with Crippen molar-refractivity contribution in [1.82, 2.24) is 10.2 Å². The van der Waals surface area contributed by atoms with E-state index < -0.39 is 0 Å². The van der Waals surface area contributed by atoms with Crippen LogP contribution in [0.4, 0.5) is 9.18 Å². The Balaban J connectivity index is 1.66. The Kier molecular flexibility index (Phi) is 5.27. The number of benzene rings is 1. The van der Waals surface area contributed by atoms with Crippen molar-refractivity contribution >= 4 is 17.8 Å². The first kappa shape index (κ1) is 16.4. The molecule has 2 aliphatic rings. The lowest BCUT2D eigenvalue weighted by Crippen LogP contribution is -2.42. The van der Waals surface area contributed by atoms with E-state index in [1.807, 2.05) is 16.7 Å². The fourth-order valence-corrected chi connectivity index (χ4v) is 3.86. The van der Waals surface area contributed by atoms with E-state index in [0.29, 0.717) is 29.4 Å². The third-order valence-corrected chi connectivity index (χ3v) is 5.18. The van der Waals surface area contributed by atoms with Crippen molar-refractivity contribution in [1.29, 1.82) is 0 Å². The second kappa shape index (κ2) is 7.40. The summed E-state index contributed by atoms with van der Waals surface area (Å²) in [7, 11) is 0. The fourth-order valence-electron chi connectivity index (χ4n) is 2.83. The summed E-state index contributed by atoms with van der Waals surface area (Å²) in [5, 5.41) is 2.88. The van der Waals surface area contributed by atoms with Crippen LogP contribution in [0.2, 0.25) is 0 Å². The summed E-state index contributed by atoms with van der Waals surface area (Å²) in [6.07, 6.45) is 0. The van der Waals surface area contributed by atoms with Gasteiger partial charge in [0.25, 0.3) is 0 Å². The van der Waals surface area contributed by atoms with E-state index in [4.69, 9.17) is 9.47 Å². The summed E-state index contributed by atoms with van der Waals surface area (Å²) in [6, 6.07) is 2.71. The summed E-state index contributed by atoms with van der Waals surface area (Å²) >= 11 is 1.87. The Morgan fingerprint density at radius 3 is 3.26 bits per heavy atom. The summed E-state index contributed by atoms with van der Waals surface area (Å²) in [5.41, 5.74) is 1.33. The number of nitrogens with one attached hydrogen (secondary N) is 1. The maximum atomic E-state index is 13.7. The highest BCUT2D eigenvalue weighted by Crippen LogP contribution is 2.29. The van der Waals surface area contributed by atoms with E-state index in [1.54, 1.807) is 0 Å². The molecule has 2 aliphatic heterocycles. The van der Waals surface area contributed by atoms with Crippen LogP contribution in [0.15, 0.2) is 12.1 Å². The minimum Gasteiger partial charge on any atom is -0.467 e. The van der Waals surface area contributed by atoms with Gasteiger partial charge in [0, 0.05) is 36.5 Å². The minimum atomic E-state index is -0.345. The lowest BCUT2D eigenvalue weighted by molar-refractivity contribution is -0.0173. The molecule has 1 aromatic rings. The molecule has 0 unspecified atom stereocenters. The van der Waals surface area contributed by atoms with Crippen molar-refractivity contribution in [3.63, 3.8) is 0 Å². The quantitative estimate of drug-likeness (QED) is 0.899. The normalized spacial score (nSPS) is 21.1. The Morgan fingerprint density at radius 1 is 1.52 bits per heavy atom. The maximum Gasteiger partial charge on any atom is 0.317 e. The van der Waals surface area contributed by atoms with Crippen molar-refractivity contribution in [3.8, 4) is 5.75 Å². The van der Waals surface area contributed by atoms with Gasteiger partial charge in [-0.1, -0.05) is 6.92 Å². The largest absolute Gasteiger partial charge is 0.467 e. The predicted molar refractivity (Wildman–Crippen MR) is 87.0 cm³/mol. The summed E-state index contributed by atoms with van der Waals surface area (Å²) in [5.74, 6) is 2.79. The molecular formula is C16H21FN2O3S.